The number of halogens is 2. The number of anilines is 1. The van der Waals surface area contributed by atoms with Gasteiger partial charge in [-0.1, -0.05) is 41.4 Å². The first kappa shape index (κ1) is 19.2. The Kier molecular flexibility index (Phi) is 5.85. The molecule has 0 bridgehead atoms. The molecule has 2 aromatic carbocycles. The first-order valence-corrected chi connectivity index (χ1v) is 10.6. The Morgan fingerprint density at radius 3 is 2.93 bits per heavy atom. The van der Waals surface area contributed by atoms with Crippen LogP contribution in [0.25, 0.3) is 0 Å². The Labute approximate surface area is 177 Å². The monoisotopic (exact) mass is 432 g/mol. The van der Waals surface area contributed by atoms with Crippen molar-refractivity contribution in [3.05, 3.63) is 74.2 Å². The van der Waals surface area contributed by atoms with E-state index in [1.54, 1.807) is 12.3 Å². The van der Waals surface area contributed by atoms with Crippen LogP contribution in [0.1, 0.15) is 28.0 Å². The number of rotatable bonds is 6. The maximum absolute atomic E-state index is 12.2. The number of aryl methyl sites for hydroxylation is 2. The van der Waals surface area contributed by atoms with Crippen molar-refractivity contribution in [2.45, 2.75) is 25.7 Å². The third kappa shape index (κ3) is 4.49. The van der Waals surface area contributed by atoms with Crippen molar-refractivity contribution < 1.29 is 9.53 Å². The van der Waals surface area contributed by atoms with E-state index in [1.165, 1.54) is 28.9 Å². The molecule has 0 saturated carbocycles. The van der Waals surface area contributed by atoms with Gasteiger partial charge in [-0.3, -0.25) is 10.1 Å². The molecular weight excluding hydrogens is 415 g/mol. The summed E-state index contributed by atoms with van der Waals surface area (Å²) in [7, 11) is 0. The van der Waals surface area contributed by atoms with Gasteiger partial charge in [-0.25, -0.2) is 4.98 Å². The van der Waals surface area contributed by atoms with Crippen LogP contribution in [0.3, 0.4) is 0 Å². The van der Waals surface area contributed by atoms with Gasteiger partial charge in [0.25, 0.3) is 5.91 Å². The van der Waals surface area contributed by atoms with Crippen LogP contribution in [0.2, 0.25) is 10.0 Å². The zero-order valence-corrected chi connectivity index (χ0v) is 17.3. The minimum absolute atomic E-state index is 0.0478. The topological polar surface area (TPSA) is 51.2 Å². The zero-order chi connectivity index (χ0) is 19.5. The number of ether oxygens (including phenoxy) is 1. The van der Waals surface area contributed by atoms with Gasteiger partial charge in [-0.15, -0.1) is 11.3 Å². The second-order valence-corrected chi connectivity index (χ2v) is 8.54. The molecule has 0 unspecified atom stereocenters. The second-order valence-electron chi connectivity index (χ2n) is 6.64. The average Bonchev–Trinajstić information content (AvgIpc) is 3.32. The van der Waals surface area contributed by atoms with Crippen molar-refractivity contribution in [3.8, 4) is 5.75 Å². The predicted molar refractivity (Wildman–Crippen MR) is 114 cm³/mol. The quantitative estimate of drug-likeness (QED) is 0.555. The van der Waals surface area contributed by atoms with Gasteiger partial charge in [0.15, 0.2) is 11.7 Å². The number of thiazole rings is 1. The largest absolute Gasteiger partial charge is 0.484 e. The highest BCUT2D eigenvalue weighted by molar-refractivity contribution is 7.15. The van der Waals surface area contributed by atoms with Gasteiger partial charge < -0.3 is 4.74 Å². The van der Waals surface area contributed by atoms with E-state index in [4.69, 9.17) is 27.9 Å². The first-order valence-electron chi connectivity index (χ1n) is 9.00. The van der Waals surface area contributed by atoms with E-state index in [9.17, 15) is 4.79 Å². The fourth-order valence-electron chi connectivity index (χ4n) is 3.26. The van der Waals surface area contributed by atoms with Crippen LogP contribution in [-0.2, 0) is 24.1 Å². The number of carbonyl (C=O) groups excluding carboxylic acids is 1. The van der Waals surface area contributed by atoms with E-state index in [-0.39, 0.29) is 12.5 Å². The van der Waals surface area contributed by atoms with Gasteiger partial charge in [0, 0.05) is 17.5 Å². The highest BCUT2D eigenvalue weighted by Gasteiger charge is 2.13. The SMILES string of the molecule is O=C(COc1ccc2c(c1)CCC2)Nc1ncc(Cc2cccc(Cl)c2Cl)s1. The molecule has 7 heteroatoms. The van der Waals surface area contributed by atoms with Crippen LogP contribution < -0.4 is 10.1 Å². The molecule has 0 radical (unpaired) electrons. The lowest BCUT2D eigenvalue weighted by molar-refractivity contribution is -0.118. The highest BCUT2D eigenvalue weighted by atomic mass is 35.5. The number of carbonyl (C=O) groups is 1. The average molecular weight is 433 g/mol. The predicted octanol–water partition coefficient (Wildman–Crippen LogP) is 5.55. The number of fused-ring (bicyclic) bond motifs is 1. The van der Waals surface area contributed by atoms with Crippen LogP contribution in [0.4, 0.5) is 5.13 Å². The lowest BCUT2D eigenvalue weighted by Crippen LogP contribution is -2.20. The van der Waals surface area contributed by atoms with Gasteiger partial charge >= 0.3 is 0 Å². The summed E-state index contributed by atoms with van der Waals surface area (Å²) in [5.41, 5.74) is 3.63. The Morgan fingerprint density at radius 1 is 1.18 bits per heavy atom. The molecule has 1 aromatic heterocycles. The summed E-state index contributed by atoms with van der Waals surface area (Å²) in [5.74, 6) is 0.494. The molecule has 0 fully saturated rings. The number of nitrogens with one attached hydrogen (secondary N) is 1. The van der Waals surface area contributed by atoms with E-state index >= 15 is 0 Å². The van der Waals surface area contributed by atoms with Gasteiger partial charge in [0.05, 0.1) is 10.0 Å². The Balaban J connectivity index is 1.32. The molecule has 0 aliphatic heterocycles. The molecule has 1 aliphatic rings. The third-order valence-corrected chi connectivity index (χ3v) is 6.41. The number of nitrogens with zero attached hydrogens (tertiary/aromatic N) is 1. The summed E-state index contributed by atoms with van der Waals surface area (Å²) in [6, 6.07) is 11.6. The van der Waals surface area contributed by atoms with Crippen molar-refractivity contribution in [3.63, 3.8) is 0 Å². The van der Waals surface area contributed by atoms with Crippen LogP contribution >= 0.6 is 34.5 Å². The Morgan fingerprint density at radius 2 is 2.04 bits per heavy atom. The lowest BCUT2D eigenvalue weighted by atomic mass is 10.1. The summed E-state index contributed by atoms with van der Waals surface area (Å²) in [5, 5.41) is 4.39. The Hall–Kier alpha value is -2.08. The van der Waals surface area contributed by atoms with Crippen molar-refractivity contribution in [1.29, 1.82) is 0 Å². The molecule has 0 saturated heterocycles. The summed E-state index contributed by atoms with van der Waals surface area (Å²) in [6.45, 7) is -0.0478. The normalized spacial score (nSPS) is 12.6. The smallest absolute Gasteiger partial charge is 0.264 e. The zero-order valence-electron chi connectivity index (χ0n) is 15.0. The van der Waals surface area contributed by atoms with Crippen molar-refractivity contribution in [2.24, 2.45) is 0 Å². The van der Waals surface area contributed by atoms with Crippen LogP contribution in [0.5, 0.6) is 5.75 Å². The summed E-state index contributed by atoms with van der Waals surface area (Å²) in [4.78, 5) is 17.4. The van der Waals surface area contributed by atoms with Crippen LogP contribution in [-0.4, -0.2) is 17.5 Å². The molecule has 28 heavy (non-hydrogen) atoms. The molecule has 4 nitrogen and oxygen atoms in total. The number of hydrogen-bond acceptors (Lipinski definition) is 4. The van der Waals surface area contributed by atoms with Crippen LogP contribution in [0.15, 0.2) is 42.6 Å². The van der Waals surface area contributed by atoms with E-state index in [1.807, 2.05) is 24.3 Å². The van der Waals surface area contributed by atoms with E-state index < -0.39 is 0 Å². The maximum Gasteiger partial charge on any atom is 0.264 e. The van der Waals surface area contributed by atoms with Gasteiger partial charge in [-0.2, -0.15) is 0 Å². The van der Waals surface area contributed by atoms with E-state index in [0.717, 1.165) is 29.0 Å². The van der Waals surface area contributed by atoms with Gasteiger partial charge in [-0.05, 0) is 54.2 Å². The van der Waals surface area contributed by atoms with Gasteiger partial charge in [0.1, 0.15) is 5.75 Å². The molecule has 1 heterocycles. The number of aromatic nitrogens is 1. The Bertz CT molecular complexity index is 1020. The summed E-state index contributed by atoms with van der Waals surface area (Å²) >= 11 is 13.7. The molecule has 3 aromatic rings. The maximum atomic E-state index is 12.2. The fraction of sp³-hybridized carbons (Fsp3) is 0.238. The summed E-state index contributed by atoms with van der Waals surface area (Å²) < 4.78 is 5.63. The molecule has 4 rings (SSSR count). The minimum Gasteiger partial charge on any atom is -0.484 e. The van der Waals surface area contributed by atoms with Gasteiger partial charge in [0.2, 0.25) is 0 Å². The minimum atomic E-state index is -0.234. The van der Waals surface area contributed by atoms with Crippen molar-refractivity contribution in [2.75, 3.05) is 11.9 Å². The fourth-order valence-corrected chi connectivity index (χ4v) is 4.50. The standard InChI is InChI=1S/C21H18Cl2N2O2S/c22-18-6-2-5-15(20(18)23)10-17-11-24-21(28-17)25-19(26)12-27-16-8-7-13-3-1-4-14(13)9-16/h2,5-9,11H,1,3-4,10,12H2,(H,24,25,26). The molecular formula is C21H18Cl2N2O2S. The van der Waals surface area contributed by atoms with Crippen molar-refractivity contribution >= 4 is 45.6 Å². The number of amides is 1. The van der Waals surface area contributed by atoms with Crippen LogP contribution in [0, 0.1) is 0 Å². The molecule has 1 aliphatic carbocycles. The van der Waals surface area contributed by atoms with Crippen molar-refractivity contribution in [1.82, 2.24) is 4.98 Å². The van der Waals surface area contributed by atoms with E-state index in [2.05, 4.69) is 16.4 Å². The molecule has 144 valence electrons. The second kappa shape index (κ2) is 8.52. The first-order chi connectivity index (χ1) is 13.6. The summed E-state index contributed by atoms with van der Waals surface area (Å²) in [6.07, 6.45) is 5.74. The molecule has 1 amide bonds. The number of hydrogen-bond donors (Lipinski definition) is 1. The van der Waals surface area contributed by atoms with E-state index in [0.29, 0.717) is 21.6 Å². The lowest BCUT2D eigenvalue weighted by Gasteiger charge is -2.07. The highest BCUT2D eigenvalue weighted by Crippen LogP contribution is 2.30. The number of benzene rings is 2. The molecule has 0 atom stereocenters. The molecule has 1 N–H and O–H groups in total. The molecule has 0 spiro atoms. The third-order valence-electron chi connectivity index (χ3n) is 4.64.